The van der Waals surface area contributed by atoms with Crippen LogP contribution in [0.4, 0.5) is 0 Å². The number of nitrogens with one attached hydrogen (secondary N) is 1. The highest BCUT2D eigenvalue weighted by Gasteiger charge is 2.39. The predicted octanol–water partition coefficient (Wildman–Crippen LogP) is 1.81. The minimum atomic E-state index is -0.780. The van der Waals surface area contributed by atoms with Crippen LogP contribution in [0, 0.1) is 5.92 Å². The van der Waals surface area contributed by atoms with Crippen LogP contribution >= 0.6 is 0 Å². The predicted molar refractivity (Wildman–Crippen MR) is 93.8 cm³/mol. The molecule has 0 unspecified atom stereocenters. The lowest BCUT2D eigenvalue weighted by Crippen LogP contribution is -2.50. The van der Waals surface area contributed by atoms with E-state index in [4.69, 9.17) is 10.5 Å². The van der Waals surface area contributed by atoms with E-state index >= 15 is 0 Å². The Hall–Kier alpha value is -2.66. The number of primary amides is 1. The molecule has 2 atom stereocenters. The van der Waals surface area contributed by atoms with Gasteiger partial charge in [0.05, 0.1) is 12.5 Å². The first-order valence-electron chi connectivity index (χ1n) is 8.52. The van der Waals surface area contributed by atoms with E-state index < -0.39 is 11.9 Å². The molecule has 1 aliphatic heterocycles. The summed E-state index contributed by atoms with van der Waals surface area (Å²) in [4.78, 5) is 24.8. The zero-order chi connectivity index (χ0) is 17.4. The molecule has 1 aliphatic carbocycles. The van der Waals surface area contributed by atoms with Crippen molar-refractivity contribution >= 4 is 11.8 Å². The topological polar surface area (TPSA) is 81.4 Å². The van der Waals surface area contributed by atoms with Gasteiger partial charge in [-0.1, -0.05) is 48.5 Å². The molecule has 5 nitrogen and oxygen atoms in total. The molecule has 1 saturated heterocycles. The number of carbonyl (C=O) groups excluding carboxylic acids is 2. The third-order valence-corrected chi connectivity index (χ3v) is 5.12. The first-order valence-corrected chi connectivity index (χ1v) is 8.52. The highest BCUT2D eigenvalue weighted by Crippen LogP contribution is 2.46. The second-order valence-corrected chi connectivity index (χ2v) is 6.60. The molecular formula is C20H20N2O3. The highest BCUT2D eigenvalue weighted by atomic mass is 16.5. The normalized spacial score (nSPS) is 19.9. The second kappa shape index (κ2) is 6.33. The van der Waals surface area contributed by atoms with Gasteiger partial charge in [-0.25, -0.2) is 0 Å². The molecule has 2 aromatic rings. The maximum absolute atomic E-state index is 12.5. The summed E-state index contributed by atoms with van der Waals surface area (Å²) in [6.45, 7) is 0.976. The van der Waals surface area contributed by atoms with Crippen molar-refractivity contribution in [2.45, 2.75) is 18.4 Å². The Labute approximate surface area is 146 Å². The fourth-order valence-electron chi connectivity index (χ4n) is 3.88. The Morgan fingerprint density at radius 3 is 2.16 bits per heavy atom. The second-order valence-electron chi connectivity index (χ2n) is 6.60. The Morgan fingerprint density at radius 1 is 1.04 bits per heavy atom. The number of nitrogens with two attached hydrogens (primary N) is 1. The van der Waals surface area contributed by atoms with Crippen LogP contribution in [0.15, 0.2) is 48.5 Å². The van der Waals surface area contributed by atoms with Crippen LogP contribution < -0.4 is 11.1 Å². The van der Waals surface area contributed by atoms with Gasteiger partial charge in [0.25, 0.3) is 0 Å². The van der Waals surface area contributed by atoms with E-state index in [-0.39, 0.29) is 17.7 Å². The Bertz CT molecular complexity index is 782. The lowest BCUT2D eigenvalue weighted by molar-refractivity contribution is -0.130. The number of ether oxygens (including phenoxy) is 1. The van der Waals surface area contributed by atoms with Gasteiger partial charge in [0.2, 0.25) is 11.8 Å². The number of fused-ring (bicyclic) bond motifs is 3. The van der Waals surface area contributed by atoms with E-state index in [9.17, 15) is 9.59 Å². The average molecular weight is 336 g/mol. The van der Waals surface area contributed by atoms with E-state index in [2.05, 4.69) is 5.32 Å². The summed E-state index contributed by atoms with van der Waals surface area (Å²) >= 11 is 0. The van der Waals surface area contributed by atoms with Crippen molar-refractivity contribution in [2.24, 2.45) is 11.7 Å². The van der Waals surface area contributed by atoms with Gasteiger partial charge in [-0.15, -0.1) is 0 Å². The molecule has 2 amide bonds. The maximum atomic E-state index is 12.5. The number of benzene rings is 2. The SMILES string of the molecule is NC(=O)[C@@H](NC(=O)[C@H]1CCOC1)C1c2ccccc2-c2ccccc21. The summed E-state index contributed by atoms with van der Waals surface area (Å²) in [7, 11) is 0. The van der Waals surface area contributed by atoms with Crippen molar-refractivity contribution in [3.63, 3.8) is 0 Å². The molecule has 5 heteroatoms. The molecule has 0 bridgehead atoms. The van der Waals surface area contributed by atoms with Gasteiger partial charge in [-0.3, -0.25) is 9.59 Å². The smallest absolute Gasteiger partial charge is 0.240 e. The molecule has 3 N–H and O–H groups in total. The summed E-state index contributed by atoms with van der Waals surface area (Å²) in [5, 5.41) is 2.89. The summed E-state index contributed by atoms with van der Waals surface area (Å²) in [5.74, 6) is -1.17. The van der Waals surface area contributed by atoms with Crippen LogP contribution in [0.1, 0.15) is 23.5 Å². The lowest BCUT2D eigenvalue weighted by Gasteiger charge is -2.25. The molecule has 4 rings (SSSR count). The zero-order valence-electron chi connectivity index (χ0n) is 13.8. The van der Waals surface area contributed by atoms with Crippen molar-refractivity contribution in [2.75, 3.05) is 13.2 Å². The largest absolute Gasteiger partial charge is 0.381 e. The third kappa shape index (κ3) is 2.70. The van der Waals surface area contributed by atoms with Crippen molar-refractivity contribution in [1.82, 2.24) is 5.32 Å². The molecule has 25 heavy (non-hydrogen) atoms. The quantitative estimate of drug-likeness (QED) is 0.893. The first kappa shape index (κ1) is 15.8. The van der Waals surface area contributed by atoms with Gasteiger partial charge in [0.1, 0.15) is 6.04 Å². The lowest BCUT2D eigenvalue weighted by atomic mass is 9.88. The van der Waals surface area contributed by atoms with Gasteiger partial charge in [0.15, 0.2) is 0 Å². The van der Waals surface area contributed by atoms with Crippen LogP contribution in [0.2, 0.25) is 0 Å². The van der Waals surface area contributed by atoms with E-state index in [1.165, 1.54) is 0 Å². The van der Waals surface area contributed by atoms with E-state index in [0.29, 0.717) is 19.6 Å². The number of amides is 2. The molecule has 1 heterocycles. The monoisotopic (exact) mass is 336 g/mol. The molecule has 2 aliphatic rings. The van der Waals surface area contributed by atoms with Gasteiger partial charge >= 0.3 is 0 Å². The Kier molecular flexibility index (Phi) is 4.01. The van der Waals surface area contributed by atoms with Crippen LogP contribution in [0.5, 0.6) is 0 Å². The number of hydrogen-bond acceptors (Lipinski definition) is 3. The Morgan fingerprint density at radius 2 is 1.64 bits per heavy atom. The van der Waals surface area contributed by atoms with Crippen molar-refractivity contribution < 1.29 is 14.3 Å². The average Bonchev–Trinajstić information content (AvgIpc) is 3.26. The van der Waals surface area contributed by atoms with E-state index in [0.717, 1.165) is 22.3 Å². The zero-order valence-corrected chi connectivity index (χ0v) is 13.8. The molecule has 0 spiro atoms. The molecular weight excluding hydrogens is 316 g/mol. The summed E-state index contributed by atoms with van der Waals surface area (Å²) in [6, 6.07) is 15.2. The standard InChI is InChI=1S/C20H20N2O3/c21-19(23)18(22-20(24)12-9-10-25-11-12)17-15-7-3-1-5-13(15)14-6-2-4-8-16(14)17/h1-8,12,17-18H,9-11H2,(H2,21,23)(H,22,24)/t12-,18-/m0/s1. The molecule has 0 radical (unpaired) electrons. The Balaban J connectivity index is 1.72. The number of hydrogen-bond donors (Lipinski definition) is 2. The van der Waals surface area contributed by atoms with Gasteiger partial charge in [-0.05, 0) is 28.7 Å². The third-order valence-electron chi connectivity index (χ3n) is 5.12. The van der Waals surface area contributed by atoms with E-state index in [1.807, 2.05) is 48.5 Å². The van der Waals surface area contributed by atoms with Crippen LogP contribution in [-0.2, 0) is 14.3 Å². The molecule has 0 saturated carbocycles. The van der Waals surface area contributed by atoms with E-state index in [1.54, 1.807) is 0 Å². The summed E-state index contributed by atoms with van der Waals surface area (Å²) in [5.41, 5.74) is 9.92. The van der Waals surface area contributed by atoms with Gasteiger partial charge in [-0.2, -0.15) is 0 Å². The molecule has 2 aromatic carbocycles. The fourth-order valence-corrected chi connectivity index (χ4v) is 3.88. The fraction of sp³-hybridized carbons (Fsp3) is 0.300. The summed E-state index contributed by atoms with van der Waals surface area (Å²) in [6.07, 6.45) is 0.676. The minimum absolute atomic E-state index is 0.164. The van der Waals surface area contributed by atoms with Crippen LogP contribution in [0.3, 0.4) is 0 Å². The summed E-state index contributed by atoms with van der Waals surface area (Å²) < 4.78 is 5.28. The number of rotatable bonds is 4. The minimum Gasteiger partial charge on any atom is -0.381 e. The van der Waals surface area contributed by atoms with Gasteiger partial charge < -0.3 is 15.8 Å². The first-order chi connectivity index (χ1) is 12.2. The highest BCUT2D eigenvalue weighted by molar-refractivity contribution is 5.91. The van der Waals surface area contributed by atoms with Crippen molar-refractivity contribution in [3.05, 3.63) is 59.7 Å². The maximum Gasteiger partial charge on any atom is 0.240 e. The molecule has 1 fully saturated rings. The number of carbonyl (C=O) groups is 2. The molecule has 0 aromatic heterocycles. The van der Waals surface area contributed by atoms with Crippen LogP contribution in [0.25, 0.3) is 11.1 Å². The van der Waals surface area contributed by atoms with Crippen molar-refractivity contribution in [1.29, 1.82) is 0 Å². The van der Waals surface area contributed by atoms with Crippen LogP contribution in [-0.4, -0.2) is 31.1 Å². The van der Waals surface area contributed by atoms with Gasteiger partial charge in [0, 0.05) is 12.5 Å². The molecule has 128 valence electrons. The van der Waals surface area contributed by atoms with Crippen molar-refractivity contribution in [3.8, 4) is 11.1 Å².